The van der Waals surface area contributed by atoms with Crippen LogP contribution >= 0.6 is 24.0 Å². The summed E-state index contributed by atoms with van der Waals surface area (Å²) in [5.74, 6) is 0.640. The molecular formula is C19H29IN4O2. The van der Waals surface area contributed by atoms with E-state index < -0.39 is 0 Å². The topological polar surface area (TPSA) is 57.2 Å². The highest BCUT2D eigenvalue weighted by Crippen LogP contribution is 2.05. The molecule has 1 saturated heterocycles. The number of piperazine rings is 1. The van der Waals surface area contributed by atoms with Gasteiger partial charge in [0.1, 0.15) is 0 Å². The van der Waals surface area contributed by atoms with Crippen LogP contribution in [0.2, 0.25) is 0 Å². The predicted octanol–water partition coefficient (Wildman–Crippen LogP) is 2.07. The number of nitrogens with zero attached hydrogens (tertiary/aromatic N) is 3. The van der Waals surface area contributed by atoms with Crippen molar-refractivity contribution in [2.75, 3.05) is 53.4 Å². The van der Waals surface area contributed by atoms with Crippen molar-refractivity contribution in [2.45, 2.75) is 6.42 Å². The Morgan fingerprint density at radius 1 is 1.23 bits per heavy atom. The van der Waals surface area contributed by atoms with Gasteiger partial charge in [-0.1, -0.05) is 42.5 Å². The number of carbonyl (C=O) groups is 1. The highest BCUT2D eigenvalue weighted by molar-refractivity contribution is 14.0. The Hall–Kier alpha value is -1.61. The summed E-state index contributed by atoms with van der Waals surface area (Å²) < 4.78 is 4.65. The first-order valence-corrected chi connectivity index (χ1v) is 8.69. The lowest BCUT2D eigenvalue weighted by Crippen LogP contribution is -2.52. The molecular weight excluding hydrogens is 443 g/mol. The van der Waals surface area contributed by atoms with Gasteiger partial charge in [0.15, 0.2) is 5.96 Å². The first kappa shape index (κ1) is 22.4. The summed E-state index contributed by atoms with van der Waals surface area (Å²) in [5.41, 5.74) is 1.23. The van der Waals surface area contributed by atoms with E-state index in [1.807, 2.05) is 6.07 Å². The van der Waals surface area contributed by atoms with Gasteiger partial charge < -0.3 is 15.0 Å². The second kappa shape index (κ2) is 12.7. The molecule has 0 radical (unpaired) electrons. The van der Waals surface area contributed by atoms with Gasteiger partial charge in [-0.05, 0) is 5.56 Å². The molecule has 7 heteroatoms. The zero-order chi connectivity index (χ0) is 17.9. The fourth-order valence-electron chi connectivity index (χ4n) is 2.75. The lowest BCUT2D eigenvalue weighted by atomic mass is 10.2. The van der Waals surface area contributed by atoms with Gasteiger partial charge >= 0.3 is 5.97 Å². The average molecular weight is 472 g/mol. The number of halogens is 1. The number of ether oxygens (including phenoxy) is 1. The van der Waals surface area contributed by atoms with Crippen LogP contribution in [0.5, 0.6) is 0 Å². The number of hydrogen-bond donors (Lipinski definition) is 1. The summed E-state index contributed by atoms with van der Waals surface area (Å²) in [4.78, 5) is 20.1. The van der Waals surface area contributed by atoms with Crippen LogP contribution in [-0.2, 0) is 9.53 Å². The Morgan fingerprint density at radius 3 is 2.54 bits per heavy atom. The van der Waals surface area contributed by atoms with Crippen molar-refractivity contribution >= 4 is 42.0 Å². The fourth-order valence-corrected chi connectivity index (χ4v) is 2.75. The molecule has 0 atom stereocenters. The van der Waals surface area contributed by atoms with Crippen molar-refractivity contribution in [3.05, 3.63) is 42.0 Å². The van der Waals surface area contributed by atoms with E-state index >= 15 is 0 Å². The molecule has 1 aliphatic rings. The Labute approximate surface area is 173 Å². The summed E-state index contributed by atoms with van der Waals surface area (Å²) in [6.45, 7) is 5.35. The van der Waals surface area contributed by atoms with Gasteiger partial charge in [-0.2, -0.15) is 0 Å². The van der Waals surface area contributed by atoms with Crippen LogP contribution in [0.1, 0.15) is 12.0 Å². The van der Waals surface area contributed by atoms with E-state index in [4.69, 9.17) is 0 Å². The maximum Gasteiger partial charge on any atom is 0.307 e. The Balaban J connectivity index is 0.00000338. The molecule has 26 heavy (non-hydrogen) atoms. The zero-order valence-electron chi connectivity index (χ0n) is 15.6. The normalized spacial score (nSPS) is 15.6. The Bertz CT molecular complexity index is 584. The van der Waals surface area contributed by atoms with Gasteiger partial charge in [0.05, 0.1) is 13.5 Å². The van der Waals surface area contributed by atoms with E-state index in [0.717, 1.165) is 38.7 Å². The van der Waals surface area contributed by atoms with Gasteiger partial charge in [0.2, 0.25) is 0 Å². The van der Waals surface area contributed by atoms with Crippen molar-refractivity contribution in [3.63, 3.8) is 0 Å². The molecule has 2 rings (SSSR count). The number of hydrogen-bond acceptors (Lipinski definition) is 4. The molecule has 144 valence electrons. The van der Waals surface area contributed by atoms with Crippen molar-refractivity contribution in [1.29, 1.82) is 0 Å². The van der Waals surface area contributed by atoms with Crippen molar-refractivity contribution in [1.82, 2.24) is 15.1 Å². The third-order valence-corrected chi connectivity index (χ3v) is 4.20. The summed E-state index contributed by atoms with van der Waals surface area (Å²) in [6, 6.07) is 10.4. The van der Waals surface area contributed by atoms with Crippen molar-refractivity contribution in [3.8, 4) is 0 Å². The molecule has 0 aliphatic carbocycles. The van der Waals surface area contributed by atoms with Gasteiger partial charge in [-0.25, -0.2) is 0 Å². The highest BCUT2D eigenvalue weighted by Gasteiger charge is 2.18. The number of methoxy groups -OCH3 is 1. The van der Waals surface area contributed by atoms with Crippen LogP contribution in [-0.4, -0.2) is 75.2 Å². The molecule has 1 aromatic rings. The minimum Gasteiger partial charge on any atom is -0.469 e. The summed E-state index contributed by atoms with van der Waals surface area (Å²) in [7, 11) is 3.18. The third kappa shape index (κ3) is 7.74. The minimum atomic E-state index is -0.210. The van der Waals surface area contributed by atoms with Crippen molar-refractivity contribution < 1.29 is 9.53 Å². The third-order valence-electron chi connectivity index (χ3n) is 4.20. The molecule has 0 saturated carbocycles. The van der Waals surface area contributed by atoms with Crippen LogP contribution < -0.4 is 5.32 Å². The summed E-state index contributed by atoms with van der Waals surface area (Å²) in [6.07, 6.45) is 4.73. The number of aliphatic imine (C=N–C) groups is 1. The van der Waals surface area contributed by atoms with E-state index in [2.05, 4.69) is 61.3 Å². The second-order valence-electron chi connectivity index (χ2n) is 5.90. The number of guanidine groups is 1. The van der Waals surface area contributed by atoms with Gasteiger partial charge in [-0.3, -0.25) is 14.7 Å². The monoisotopic (exact) mass is 472 g/mol. The van der Waals surface area contributed by atoms with Gasteiger partial charge in [-0.15, -0.1) is 24.0 Å². The zero-order valence-corrected chi connectivity index (χ0v) is 17.9. The molecule has 0 spiro atoms. The number of carbonyl (C=O) groups excluding carboxylic acids is 1. The molecule has 1 N–H and O–H groups in total. The van der Waals surface area contributed by atoms with Crippen LogP contribution in [0.3, 0.4) is 0 Å². The highest BCUT2D eigenvalue weighted by atomic mass is 127. The minimum absolute atomic E-state index is 0. The van der Waals surface area contributed by atoms with E-state index in [0.29, 0.717) is 13.0 Å². The fraction of sp³-hybridized carbons (Fsp3) is 0.474. The summed E-state index contributed by atoms with van der Waals surface area (Å²) in [5, 5.41) is 3.23. The largest absolute Gasteiger partial charge is 0.469 e. The Kier molecular flexibility index (Phi) is 11.0. The van der Waals surface area contributed by atoms with Gasteiger partial charge in [0.25, 0.3) is 0 Å². The maximum absolute atomic E-state index is 11.2. The molecule has 0 amide bonds. The molecule has 6 nitrogen and oxygen atoms in total. The molecule has 1 fully saturated rings. The lowest BCUT2D eigenvalue weighted by molar-refractivity contribution is -0.140. The molecule has 1 heterocycles. The molecule has 1 aliphatic heterocycles. The average Bonchev–Trinajstić information content (AvgIpc) is 2.66. The second-order valence-corrected chi connectivity index (χ2v) is 5.90. The standard InChI is InChI=1S/C19H28N4O2.HI/c1-20-19(21-11-10-18(24)25-2)23-15-13-22(14-16-23)12-6-9-17-7-4-3-5-8-17;/h3-9H,10-16H2,1-2H3,(H,20,21);1H. The number of esters is 1. The lowest BCUT2D eigenvalue weighted by Gasteiger charge is -2.36. The number of nitrogens with one attached hydrogen (secondary N) is 1. The van der Waals surface area contributed by atoms with E-state index in [-0.39, 0.29) is 29.9 Å². The number of benzene rings is 1. The van der Waals surface area contributed by atoms with Crippen LogP contribution in [0.15, 0.2) is 41.4 Å². The molecule has 0 unspecified atom stereocenters. The summed E-state index contributed by atoms with van der Waals surface area (Å²) >= 11 is 0. The molecule has 1 aromatic carbocycles. The van der Waals surface area contributed by atoms with Crippen LogP contribution in [0.4, 0.5) is 0 Å². The quantitative estimate of drug-likeness (QED) is 0.298. The maximum atomic E-state index is 11.2. The molecule has 0 bridgehead atoms. The SMILES string of the molecule is CN=C(NCCC(=O)OC)N1CCN(CC=Cc2ccccc2)CC1.I. The van der Waals surface area contributed by atoms with E-state index in [1.165, 1.54) is 12.7 Å². The van der Waals surface area contributed by atoms with Gasteiger partial charge in [0, 0.05) is 46.3 Å². The molecule has 0 aromatic heterocycles. The predicted molar refractivity (Wildman–Crippen MR) is 117 cm³/mol. The van der Waals surface area contributed by atoms with Crippen LogP contribution in [0, 0.1) is 0 Å². The van der Waals surface area contributed by atoms with E-state index in [1.54, 1.807) is 7.05 Å². The van der Waals surface area contributed by atoms with E-state index in [9.17, 15) is 4.79 Å². The van der Waals surface area contributed by atoms with Crippen LogP contribution in [0.25, 0.3) is 6.08 Å². The first-order valence-electron chi connectivity index (χ1n) is 8.69. The van der Waals surface area contributed by atoms with Crippen molar-refractivity contribution in [2.24, 2.45) is 4.99 Å². The first-order chi connectivity index (χ1) is 12.2. The number of rotatable bonds is 6. The smallest absolute Gasteiger partial charge is 0.307 e. The Morgan fingerprint density at radius 2 is 1.92 bits per heavy atom.